The molecule has 0 saturated heterocycles. The number of Topliss-reactive ketones (excluding diaryl/α,β-unsaturated/α-hetero) is 1. The highest BCUT2D eigenvalue weighted by Crippen LogP contribution is 2.33. The van der Waals surface area contributed by atoms with E-state index in [9.17, 15) is 22.8 Å². The predicted molar refractivity (Wildman–Crippen MR) is 99.0 cm³/mol. The summed E-state index contributed by atoms with van der Waals surface area (Å²) in [6.07, 6.45) is 2.50. The summed E-state index contributed by atoms with van der Waals surface area (Å²) in [6, 6.07) is 4.59. The van der Waals surface area contributed by atoms with E-state index in [-0.39, 0.29) is 18.1 Å². The highest BCUT2D eigenvalue weighted by Gasteiger charge is 2.36. The Kier molecular flexibility index (Phi) is 6.01. The van der Waals surface area contributed by atoms with Crippen LogP contribution < -0.4 is 5.56 Å². The van der Waals surface area contributed by atoms with Crippen LogP contribution in [0, 0.1) is 12.8 Å². The summed E-state index contributed by atoms with van der Waals surface area (Å²) < 4.78 is 40.5. The molecule has 0 spiro atoms. The Balaban J connectivity index is 1.94. The molecule has 0 amide bonds. The topological polar surface area (TPSA) is 52.0 Å². The molecule has 2 aromatic rings. The van der Waals surface area contributed by atoms with Gasteiger partial charge in [-0.05, 0) is 43.0 Å². The van der Waals surface area contributed by atoms with Gasteiger partial charge in [0.1, 0.15) is 5.56 Å². The number of alkyl halides is 3. The Bertz CT molecular complexity index is 882. The molecule has 3 rings (SSSR count). The van der Waals surface area contributed by atoms with Crippen molar-refractivity contribution >= 4 is 5.78 Å². The van der Waals surface area contributed by atoms with Gasteiger partial charge in [-0.3, -0.25) is 14.6 Å². The first-order valence-electron chi connectivity index (χ1n) is 9.48. The van der Waals surface area contributed by atoms with E-state index in [1.54, 1.807) is 12.3 Å². The van der Waals surface area contributed by atoms with Crippen LogP contribution in [0.1, 0.15) is 55.0 Å². The van der Waals surface area contributed by atoms with Gasteiger partial charge in [0.2, 0.25) is 0 Å². The van der Waals surface area contributed by atoms with Gasteiger partial charge in [-0.25, -0.2) is 0 Å². The lowest BCUT2D eigenvalue weighted by atomic mass is 9.93. The lowest BCUT2D eigenvalue weighted by Crippen LogP contribution is -2.35. The summed E-state index contributed by atoms with van der Waals surface area (Å²) in [5.41, 5.74) is -0.907. The molecule has 1 saturated carbocycles. The first-order valence-corrected chi connectivity index (χ1v) is 9.48. The lowest BCUT2D eigenvalue weighted by molar-refractivity contribution is -0.139. The van der Waals surface area contributed by atoms with Crippen molar-refractivity contribution < 1.29 is 18.0 Å². The van der Waals surface area contributed by atoms with Crippen molar-refractivity contribution in [2.75, 3.05) is 0 Å². The quantitative estimate of drug-likeness (QED) is 0.727. The number of rotatable bonds is 6. The van der Waals surface area contributed by atoms with Gasteiger partial charge in [-0.1, -0.05) is 31.7 Å². The Morgan fingerprint density at radius 2 is 1.96 bits per heavy atom. The minimum Gasteiger partial charge on any atom is -0.304 e. The fourth-order valence-electron chi connectivity index (χ4n) is 3.83. The molecule has 0 aromatic carbocycles. The van der Waals surface area contributed by atoms with Crippen LogP contribution in [0.25, 0.3) is 0 Å². The summed E-state index contributed by atoms with van der Waals surface area (Å²) in [6.45, 7) is 1.88. The maximum Gasteiger partial charge on any atom is 0.421 e. The number of carbonyl (C=O) groups excluding carboxylic acids is 1. The monoisotopic (exact) mass is 392 g/mol. The van der Waals surface area contributed by atoms with Crippen molar-refractivity contribution in [1.82, 2.24) is 9.55 Å². The number of carbonyl (C=O) groups is 1. The summed E-state index contributed by atoms with van der Waals surface area (Å²) in [5.74, 6) is -0.0500. The molecule has 0 unspecified atom stereocenters. The number of nitrogens with zero attached hydrogens (tertiary/aromatic N) is 2. The number of halogens is 3. The van der Waals surface area contributed by atoms with Crippen molar-refractivity contribution in [3.05, 3.63) is 63.8 Å². The molecule has 150 valence electrons. The fourth-order valence-corrected chi connectivity index (χ4v) is 3.83. The van der Waals surface area contributed by atoms with Gasteiger partial charge < -0.3 is 4.57 Å². The van der Waals surface area contributed by atoms with Crippen LogP contribution in [0.4, 0.5) is 13.2 Å². The zero-order chi connectivity index (χ0) is 20.3. The van der Waals surface area contributed by atoms with Gasteiger partial charge >= 0.3 is 6.18 Å². The van der Waals surface area contributed by atoms with Gasteiger partial charge in [0, 0.05) is 18.1 Å². The van der Waals surface area contributed by atoms with E-state index >= 15 is 0 Å². The largest absolute Gasteiger partial charge is 0.421 e. The average molecular weight is 392 g/mol. The Labute approximate surface area is 161 Å². The molecule has 28 heavy (non-hydrogen) atoms. The van der Waals surface area contributed by atoms with Crippen LogP contribution in [-0.4, -0.2) is 15.3 Å². The molecule has 4 nitrogen and oxygen atoms in total. The second kappa shape index (κ2) is 8.29. The minimum absolute atomic E-state index is 0.0135. The highest BCUT2D eigenvalue weighted by atomic mass is 19.4. The van der Waals surface area contributed by atoms with E-state index in [2.05, 4.69) is 4.98 Å². The standard InChI is InChI=1S/C21H23F3N2O2/c1-14-8-9-16(25-13-14)12-19(27)18(11-15-5-2-3-6-15)26-10-4-7-17(20(26)28)21(22,23)24/h4,7-10,13,15,18H,2-3,5-6,11-12H2,1H3/t18-/m0/s1. The van der Waals surface area contributed by atoms with Crippen molar-refractivity contribution in [3.8, 4) is 0 Å². The van der Waals surface area contributed by atoms with E-state index < -0.39 is 23.3 Å². The molecule has 1 fully saturated rings. The molecule has 1 atom stereocenters. The summed E-state index contributed by atoms with van der Waals surface area (Å²) >= 11 is 0. The van der Waals surface area contributed by atoms with E-state index in [1.165, 1.54) is 12.3 Å². The third kappa shape index (κ3) is 4.69. The minimum atomic E-state index is -4.75. The van der Waals surface area contributed by atoms with Crippen LogP contribution in [0.3, 0.4) is 0 Å². The van der Waals surface area contributed by atoms with Crippen molar-refractivity contribution in [2.24, 2.45) is 5.92 Å². The van der Waals surface area contributed by atoms with Crippen LogP contribution in [0.2, 0.25) is 0 Å². The zero-order valence-electron chi connectivity index (χ0n) is 15.7. The third-order valence-electron chi connectivity index (χ3n) is 5.35. The molecule has 7 heteroatoms. The first kappa shape index (κ1) is 20.3. The summed E-state index contributed by atoms with van der Waals surface area (Å²) in [7, 11) is 0. The van der Waals surface area contributed by atoms with Gasteiger partial charge in [0.15, 0.2) is 5.78 Å². The van der Waals surface area contributed by atoms with Gasteiger partial charge in [-0.15, -0.1) is 0 Å². The van der Waals surface area contributed by atoms with Crippen molar-refractivity contribution in [3.63, 3.8) is 0 Å². The van der Waals surface area contributed by atoms with Gasteiger partial charge in [0.05, 0.1) is 12.5 Å². The van der Waals surface area contributed by atoms with E-state index in [0.29, 0.717) is 12.1 Å². The Morgan fingerprint density at radius 3 is 2.57 bits per heavy atom. The SMILES string of the molecule is Cc1ccc(CC(=O)[C@H](CC2CCCC2)n2cccc(C(F)(F)F)c2=O)nc1. The number of ketones is 1. The van der Waals surface area contributed by atoms with Crippen LogP contribution in [-0.2, 0) is 17.4 Å². The lowest BCUT2D eigenvalue weighted by Gasteiger charge is -2.23. The zero-order valence-corrected chi connectivity index (χ0v) is 15.7. The molecule has 1 aliphatic carbocycles. The molecular weight excluding hydrogens is 369 g/mol. The molecule has 2 heterocycles. The second-order valence-corrected chi connectivity index (χ2v) is 7.50. The van der Waals surface area contributed by atoms with E-state index in [1.807, 2.05) is 13.0 Å². The van der Waals surface area contributed by atoms with Gasteiger partial charge in [-0.2, -0.15) is 13.2 Å². The smallest absolute Gasteiger partial charge is 0.304 e. The number of aromatic nitrogens is 2. The second-order valence-electron chi connectivity index (χ2n) is 7.50. The molecule has 0 aliphatic heterocycles. The molecule has 0 radical (unpaired) electrons. The molecule has 2 aromatic heterocycles. The molecule has 0 N–H and O–H groups in total. The van der Waals surface area contributed by atoms with E-state index in [4.69, 9.17) is 0 Å². The Morgan fingerprint density at radius 1 is 1.25 bits per heavy atom. The first-order chi connectivity index (χ1) is 13.3. The summed E-state index contributed by atoms with van der Waals surface area (Å²) in [5, 5.41) is 0. The van der Waals surface area contributed by atoms with Crippen LogP contribution in [0.5, 0.6) is 0 Å². The fraction of sp³-hybridized carbons (Fsp3) is 0.476. The maximum absolute atomic E-state index is 13.2. The summed E-state index contributed by atoms with van der Waals surface area (Å²) in [4.78, 5) is 29.7. The maximum atomic E-state index is 13.2. The highest BCUT2D eigenvalue weighted by molar-refractivity contribution is 5.84. The number of pyridine rings is 2. The molecule has 0 bridgehead atoms. The molecular formula is C21H23F3N2O2. The molecule has 1 aliphatic rings. The van der Waals surface area contributed by atoms with Crippen molar-refractivity contribution in [2.45, 2.75) is 57.7 Å². The van der Waals surface area contributed by atoms with Crippen LogP contribution in [0.15, 0.2) is 41.5 Å². The number of aryl methyl sites for hydroxylation is 1. The van der Waals surface area contributed by atoms with Crippen LogP contribution >= 0.6 is 0 Å². The Hall–Kier alpha value is -2.44. The average Bonchev–Trinajstić information content (AvgIpc) is 3.14. The normalized spacial score (nSPS) is 16.3. The predicted octanol–water partition coefficient (Wildman–Crippen LogP) is 4.50. The van der Waals surface area contributed by atoms with Crippen molar-refractivity contribution in [1.29, 1.82) is 0 Å². The number of hydrogen-bond acceptors (Lipinski definition) is 3. The third-order valence-corrected chi connectivity index (χ3v) is 5.35. The van der Waals surface area contributed by atoms with E-state index in [0.717, 1.165) is 41.9 Å². The number of hydrogen-bond donors (Lipinski definition) is 0. The van der Waals surface area contributed by atoms with Gasteiger partial charge in [0.25, 0.3) is 5.56 Å².